The molecule has 2 aliphatic heterocycles. The number of hydrogen-bond acceptors (Lipinski definition) is 2. The molecule has 60 valence electrons. The topological polar surface area (TPSA) is 15.6 Å². The third kappa shape index (κ3) is 0.817. The second kappa shape index (κ2) is 2.10. The van der Waals surface area contributed by atoms with Gasteiger partial charge in [-0.3, -0.25) is 4.99 Å². The maximum absolute atomic E-state index is 4.53. The Morgan fingerprint density at radius 1 is 1.45 bits per heavy atom. The van der Waals surface area contributed by atoms with Crippen molar-refractivity contribution in [3.05, 3.63) is 11.3 Å². The summed E-state index contributed by atoms with van der Waals surface area (Å²) < 4.78 is 0. The van der Waals surface area contributed by atoms with Crippen molar-refractivity contribution in [1.29, 1.82) is 0 Å². The van der Waals surface area contributed by atoms with E-state index in [4.69, 9.17) is 0 Å². The molecular weight excluding hydrogens is 136 g/mol. The molecule has 1 atom stereocenters. The highest BCUT2D eigenvalue weighted by Crippen LogP contribution is 2.31. The van der Waals surface area contributed by atoms with Gasteiger partial charge in [0, 0.05) is 18.7 Å². The summed E-state index contributed by atoms with van der Waals surface area (Å²) in [4.78, 5) is 6.85. The van der Waals surface area contributed by atoms with Gasteiger partial charge < -0.3 is 4.90 Å². The van der Waals surface area contributed by atoms with Gasteiger partial charge in [-0.2, -0.15) is 0 Å². The van der Waals surface area contributed by atoms with E-state index in [1.165, 1.54) is 30.1 Å². The first-order valence-corrected chi connectivity index (χ1v) is 4.21. The third-order valence-corrected chi connectivity index (χ3v) is 2.75. The number of fused-ring (bicyclic) bond motifs is 1. The fraction of sp³-hybridized carbons (Fsp3) is 0.667. The summed E-state index contributed by atoms with van der Waals surface area (Å²) in [6, 6.07) is 0.418. The average molecular weight is 150 g/mol. The van der Waals surface area contributed by atoms with E-state index in [2.05, 4.69) is 30.7 Å². The molecule has 0 saturated carbocycles. The highest BCUT2D eigenvalue weighted by atomic mass is 15.3. The van der Waals surface area contributed by atoms with Gasteiger partial charge in [0.05, 0.1) is 6.04 Å². The van der Waals surface area contributed by atoms with Crippen molar-refractivity contribution >= 4 is 5.84 Å². The van der Waals surface area contributed by atoms with Crippen LogP contribution in [0, 0.1) is 0 Å². The fourth-order valence-corrected chi connectivity index (χ4v) is 1.79. The first kappa shape index (κ1) is 6.89. The molecule has 0 N–H and O–H groups in total. The van der Waals surface area contributed by atoms with Crippen LogP contribution in [0.1, 0.15) is 27.2 Å². The summed E-state index contributed by atoms with van der Waals surface area (Å²) >= 11 is 0. The number of hydrogen-bond donors (Lipinski definition) is 0. The summed E-state index contributed by atoms with van der Waals surface area (Å²) in [5.74, 6) is 1.20. The molecule has 2 heteroatoms. The third-order valence-electron chi connectivity index (χ3n) is 2.75. The van der Waals surface area contributed by atoms with Crippen molar-refractivity contribution < 1.29 is 0 Å². The predicted octanol–water partition coefficient (Wildman–Crippen LogP) is 1.79. The van der Waals surface area contributed by atoms with E-state index in [9.17, 15) is 0 Å². The van der Waals surface area contributed by atoms with Gasteiger partial charge in [0.2, 0.25) is 0 Å². The van der Waals surface area contributed by atoms with Crippen LogP contribution in [0.2, 0.25) is 0 Å². The second-order valence-electron chi connectivity index (χ2n) is 3.38. The zero-order chi connectivity index (χ0) is 8.01. The lowest BCUT2D eigenvalue weighted by molar-refractivity contribution is 0.365. The molecule has 0 aliphatic carbocycles. The molecule has 1 fully saturated rings. The molecule has 2 rings (SSSR count). The van der Waals surface area contributed by atoms with Crippen LogP contribution < -0.4 is 0 Å². The van der Waals surface area contributed by atoms with Crippen molar-refractivity contribution in [2.75, 3.05) is 6.54 Å². The summed E-state index contributed by atoms with van der Waals surface area (Å²) in [7, 11) is 0. The van der Waals surface area contributed by atoms with Crippen LogP contribution in [0.4, 0.5) is 0 Å². The van der Waals surface area contributed by atoms with Crippen LogP contribution in [0.15, 0.2) is 16.3 Å². The maximum atomic E-state index is 4.53. The van der Waals surface area contributed by atoms with E-state index in [1.807, 2.05) is 0 Å². The molecular formula is C9H14N2. The Balaban J connectivity index is 2.34. The minimum absolute atomic E-state index is 0.418. The van der Waals surface area contributed by atoms with Gasteiger partial charge >= 0.3 is 0 Å². The smallest absolute Gasteiger partial charge is 0.101 e. The van der Waals surface area contributed by atoms with E-state index in [0.29, 0.717) is 6.04 Å². The molecule has 0 amide bonds. The Labute approximate surface area is 67.6 Å². The Bertz CT molecular complexity index is 250. The largest absolute Gasteiger partial charge is 0.334 e. The summed E-state index contributed by atoms with van der Waals surface area (Å²) in [6.45, 7) is 7.64. The van der Waals surface area contributed by atoms with Crippen molar-refractivity contribution in [1.82, 2.24) is 4.90 Å². The molecule has 0 aromatic rings. The van der Waals surface area contributed by atoms with E-state index in [-0.39, 0.29) is 0 Å². The number of aliphatic imine (C=N–C) groups is 1. The summed E-state index contributed by atoms with van der Waals surface area (Å²) in [5, 5.41) is 0. The van der Waals surface area contributed by atoms with Gasteiger partial charge in [-0.15, -0.1) is 0 Å². The van der Waals surface area contributed by atoms with Gasteiger partial charge in [0.15, 0.2) is 0 Å². The summed E-state index contributed by atoms with van der Waals surface area (Å²) in [5.41, 5.74) is 2.98. The minimum atomic E-state index is 0.418. The van der Waals surface area contributed by atoms with E-state index < -0.39 is 0 Å². The van der Waals surface area contributed by atoms with Crippen LogP contribution >= 0.6 is 0 Å². The molecule has 2 heterocycles. The Morgan fingerprint density at radius 3 is 2.73 bits per heavy atom. The van der Waals surface area contributed by atoms with Crippen molar-refractivity contribution in [2.45, 2.75) is 33.2 Å². The molecule has 0 radical (unpaired) electrons. The van der Waals surface area contributed by atoms with Crippen molar-refractivity contribution in [3.8, 4) is 0 Å². The van der Waals surface area contributed by atoms with E-state index >= 15 is 0 Å². The molecule has 2 aliphatic rings. The average Bonchev–Trinajstić information content (AvgIpc) is 1.81. The van der Waals surface area contributed by atoms with Gasteiger partial charge in [-0.05, 0) is 26.3 Å². The van der Waals surface area contributed by atoms with Crippen LogP contribution in [0.3, 0.4) is 0 Å². The molecule has 11 heavy (non-hydrogen) atoms. The predicted molar refractivity (Wildman–Crippen MR) is 46.6 cm³/mol. The van der Waals surface area contributed by atoms with Gasteiger partial charge in [0.25, 0.3) is 0 Å². The Morgan fingerprint density at radius 2 is 2.18 bits per heavy atom. The highest BCUT2D eigenvalue weighted by Gasteiger charge is 2.29. The molecule has 0 bridgehead atoms. The number of nitrogens with zero attached hydrogens (tertiary/aromatic N) is 2. The zero-order valence-electron chi connectivity index (χ0n) is 7.39. The van der Waals surface area contributed by atoms with Gasteiger partial charge in [-0.25, -0.2) is 0 Å². The first-order chi connectivity index (χ1) is 5.20. The van der Waals surface area contributed by atoms with Gasteiger partial charge in [0.1, 0.15) is 5.84 Å². The van der Waals surface area contributed by atoms with Crippen molar-refractivity contribution in [2.24, 2.45) is 4.99 Å². The summed E-state index contributed by atoms with van der Waals surface area (Å²) in [6.07, 6.45) is 1.25. The molecule has 1 unspecified atom stereocenters. The SMILES string of the molecule is CC1=NC(C)C(C)=C2CCN12. The Kier molecular flexibility index (Phi) is 1.31. The minimum Gasteiger partial charge on any atom is -0.334 e. The van der Waals surface area contributed by atoms with Crippen LogP contribution in [0.5, 0.6) is 0 Å². The lowest BCUT2D eigenvalue weighted by Crippen LogP contribution is -2.43. The van der Waals surface area contributed by atoms with Crippen LogP contribution in [-0.4, -0.2) is 23.3 Å². The van der Waals surface area contributed by atoms with Gasteiger partial charge in [-0.1, -0.05) is 0 Å². The quantitative estimate of drug-likeness (QED) is 0.514. The van der Waals surface area contributed by atoms with E-state index in [1.54, 1.807) is 0 Å². The lowest BCUT2D eigenvalue weighted by Gasteiger charge is -2.41. The van der Waals surface area contributed by atoms with Crippen molar-refractivity contribution in [3.63, 3.8) is 0 Å². The Hall–Kier alpha value is -0.790. The molecule has 1 saturated heterocycles. The van der Waals surface area contributed by atoms with Crippen LogP contribution in [0.25, 0.3) is 0 Å². The molecule has 0 aromatic heterocycles. The number of amidine groups is 1. The normalized spacial score (nSPS) is 29.5. The second-order valence-corrected chi connectivity index (χ2v) is 3.38. The monoisotopic (exact) mass is 150 g/mol. The molecule has 2 nitrogen and oxygen atoms in total. The fourth-order valence-electron chi connectivity index (χ4n) is 1.79. The molecule has 0 aromatic carbocycles. The molecule has 0 spiro atoms. The number of rotatable bonds is 0. The van der Waals surface area contributed by atoms with E-state index in [0.717, 1.165) is 0 Å². The van der Waals surface area contributed by atoms with Crippen LogP contribution in [-0.2, 0) is 0 Å². The highest BCUT2D eigenvalue weighted by molar-refractivity contribution is 5.84. The lowest BCUT2D eigenvalue weighted by atomic mass is 9.97. The maximum Gasteiger partial charge on any atom is 0.101 e. The standard InChI is InChI=1S/C9H14N2/c1-6-7(2)10-8(3)11-5-4-9(6)11/h7H,4-5H2,1-3H3. The zero-order valence-corrected chi connectivity index (χ0v) is 7.39. The first-order valence-electron chi connectivity index (χ1n) is 4.21.